The Balaban J connectivity index is 1.20. The van der Waals surface area contributed by atoms with Gasteiger partial charge in [-0.05, 0) is 35.4 Å². The molecule has 1 saturated carbocycles. The number of benzene rings is 1. The monoisotopic (exact) mass is 347 g/mol. The van der Waals surface area contributed by atoms with Crippen LogP contribution in [0.15, 0.2) is 67.4 Å². The van der Waals surface area contributed by atoms with Gasteiger partial charge < -0.3 is 10.6 Å². The van der Waals surface area contributed by atoms with Crippen LogP contribution in [0.25, 0.3) is 5.82 Å². The minimum atomic E-state index is -0.137. The van der Waals surface area contributed by atoms with Crippen molar-refractivity contribution in [2.24, 2.45) is 5.92 Å². The lowest BCUT2D eigenvalue weighted by Gasteiger charge is -2.08. The molecule has 2 aromatic heterocycles. The number of hydrogen-bond acceptors (Lipinski definition) is 3. The van der Waals surface area contributed by atoms with Crippen LogP contribution in [0.5, 0.6) is 0 Å². The van der Waals surface area contributed by atoms with Crippen LogP contribution in [-0.4, -0.2) is 27.1 Å². The predicted molar refractivity (Wildman–Crippen MR) is 98.9 cm³/mol. The van der Waals surface area contributed by atoms with Crippen LogP contribution in [0.3, 0.4) is 0 Å². The summed E-state index contributed by atoms with van der Waals surface area (Å²) in [4.78, 5) is 20.4. The Morgan fingerprint density at radius 2 is 2.04 bits per heavy atom. The molecular formula is C20H21N5O. The largest absolute Gasteiger partial charge is 0.338 e. The maximum absolute atomic E-state index is 12.0. The van der Waals surface area contributed by atoms with E-state index < -0.39 is 0 Å². The van der Waals surface area contributed by atoms with Gasteiger partial charge in [0, 0.05) is 31.7 Å². The molecule has 0 saturated heterocycles. The molecule has 0 aliphatic heterocycles. The summed E-state index contributed by atoms with van der Waals surface area (Å²) < 4.78 is 1.84. The second-order valence-electron chi connectivity index (χ2n) is 6.57. The fraction of sp³-hybridized carbons (Fsp3) is 0.250. The van der Waals surface area contributed by atoms with Crippen LogP contribution in [0.1, 0.15) is 23.5 Å². The van der Waals surface area contributed by atoms with Crippen molar-refractivity contribution in [2.45, 2.75) is 18.9 Å². The van der Waals surface area contributed by atoms with Gasteiger partial charge in [-0.15, -0.1) is 0 Å². The number of urea groups is 1. The van der Waals surface area contributed by atoms with Crippen LogP contribution >= 0.6 is 0 Å². The van der Waals surface area contributed by atoms with Crippen LogP contribution in [0, 0.1) is 5.92 Å². The lowest BCUT2D eigenvalue weighted by molar-refractivity contribution is 0.240. The maximum atomic E-state index is 12.0. The SMILES string of the molecule is O=C(NCc1ccc(-n2ccnc2)nc1)NC[C@H]1C[C@@H]1c1ccccc1. The van der Waals surface area contributed by atoms with Crippen molar-refractivity contribution >= 4 is 6.03 Å². The standard InChI is InChI=1S/C20H21N5O/c26-20(24-13-17-10-18(17)16-4-2-1-3-5-16)23-12-15-6-7-19(22-11-15)25-9-8-21-14-25/h1-9,11,14,17-18H,10,12-13H2,(H2,23,24,26)/t17-,18-/m1/s1. The Morgan fingerprint density at radius 1 is 1.15 bits per heavy atom. The van der Waals surface area contributed by atoms with Crippen LogP contribution in [-0.2, 0) is 6.54 Å². The summed E-state index contributed by atoms with van der Waals surface area (Å²) in [5.74, 6) is 1.92. The summed E-state index contributed by atoms with van der Waals surface area (Å²) >= 11 is 0. The summed E-state index contributed by atoms with van der Waals surface area (Å²) in [5, 5.41) is 5.85. The van der Waals surface area contributed by atoms with Gasteiger partial charge in [0.25, 0.3) is 0 Å². The van der Waals surface area contributed by atoms with Gasteiger partial charge in [-0.2, -0.15) is 0 Å². The highest BCUT2D eigenvalue weighted by Crippen LogP contribution is 2.46. The number of carbonyl (C=O) groups excluding carboxylic acids is 1. The fourth-order valence-corrected chi connectivity index (χ4v) is 3.12. The summed E-state index contributed by atoms with van der Waals surface area (Å²) in [6.45, 7) is 1.17. The van der Waals surface area contributed by atoms with Crippen LogP contribution in [0.2, 0.25) is 0 Å². The van der Waals surface area contributed by atoms with Gasteiger partial charge in [-0.3, -0.25) is 4.57 Å². The number of pyridine rings is 1. The van der Waals surface area contributed by atoms with Crippen molar-refractivity contribution in [3.63, 3.8) is 0 Å². The highest BCUT2D eigenvalue weighted by molar-refractivity contribution is 5.73. The second-order valence-corrected chi connectivity index (χ2v) is 6.57. The molecule has 0 radical (unpaired) electrons. The van der Waals surface area contributed by atoms with Crippen molar-refractivity contribution in [1.29, 1.82) is 0 Å². The Morgan fingerprint density at radius 3 is 2.77 bits per heavy atom. The topological polar surface area (TPSA) is 71.8 Å². The minimum absolute atomic E-state index is 0.137. The molecule has 1 aliphatic rings. The van der Waals surface area contributed by atoms with E-state index in [2.05, 4.69) is 44.9 Å². The first-order valence-corrected chi connectivity index (χ1v) is 8.79. The number of nitrogens with one attached hydrogen (secondary N) is 2. The van der Waals surface area contributed by atoms with E-state index in [1.165, 1.54) is 5.56 Å². The smallest absolute Gasteiger partial charge is 0.315 e. The molecule has 132 valence electrons. The summed E-state index contributed by atoms with van der Waals surface area (Å²) in [5.41, 5.74) is 2.32. The van der Waals surface area contributed by atoms with Crippen molar-refractivity contribution in [3.05, 3.63) is 78.5 Å². The quantitative estimate of drug-likeness (QED) is 0.720. The third-order valence-corrected chi connectivity index (χ3v) is 4.71. The normalized spacial score (nSPS) is 18.3. The molecule has 3 aromatic rings. The zero-order valence-corrected chi connectivity index (χ0v) is 14.4. The molecule has 0 unspecified atom stereocenters. The van der Waals surface area contributed by atoms with Gasteiger partial charge in [0.05, 0.1) is 0 Å². The summed E-state index contributed by atoms with van der Waals surface area (Å²) in [7, 11) is 0. The molecule has 6 nitrogen and oxygen atoms in total. The third kappa shape index (κ3) is 3.91. The molecule has 6 heteroatoms. The molecule has 2 amide bonds. The van der Waals surface area contributed by atoms with Crippen molar-refractivity contribution < 1.29 is 4.79 Å². The first-order valence-electron chi connectivity index (χ1n) is 8.79. The van der Waals surface area contributed by atoms with E-state index in [9.17, 15) is 4.79 Å². The number of hydrogen-bond donors (Lipinski definition) is 2. The number of aromatic nitrogens is 3. The maximum Gasteiger partial charge on any atom is 0.315 e. The molecule has 1 fully saturated rings. The van der Waals surface area contributed by atoms with Crippen LogP contribution in [0.4, 0.5) is 4.79 Å². The van der Waals surface area contributed by atoms with Gasteiger partial charge >= 0.3 is 6.03 Å². The molecular weight excluding hydrogens is 326 g/mol. The van der Waals surface area contributed by atoms with E-state index in [-0.39, 0.29) is 6.03 Å². The average Bonchev–Trinajstić information content (AvgIpc) is 3.26. The first kappa shape index (κ1) is 16.3. The number of carbonyl (C=O) groups is 1. The second kappa shape index (κ2) is 7.39. The molecule has 2 N–H and O–H groups in total. The van der Waals surface area contributed by atoms with E-state index in [4.69, 9.17) is 0 Å². The number of imidazole rings is 1. The highest BCUT2D eigenvalue weighted by Gasteiger charge is 2.37. The molecule has 0 bridgehead atoms. The van der Waals surface area contributed by atoms with Crippen LogP contribution < -0.4 is 10.6 Å². The summed E-state index contributed by atoms with van der Waals surface area (Å²) in [6.07, 6.45) is 8.16. The van der Waals surface area contributed by atoms with E-state index >= 15 is 0 Å². The van der Waals surface area contributed by atoms with E-state index in [1.807, 2.05) is 29.0 Å². The number of nitrogens with zero attached hydrogens (tertiary/aromatic N) is 3. The van der Waals surface area contributed by atoms with E-state index in [1.54, 1.807) is 18.7 Å². The van der Waals surface area contributed by atoms with Gasteiger partial charge in [0.1, 0.15) is 12.1 Å². The molecule has 0 spiro atoms. The minimum Gasteiger partial charge on any atom is -0.338 e. The lowest BCUT2D eigenvalue weighted by atomic mass is 10.1. The Kier molecular flexibility index (Phi) is 4.64. The fourth-order valence-electron chi connectivity index (χ4n) is 3.12. The van der Waals surface area contributed by atoms with E-state index in [0.29, 0.717) is 24.9 Å². The molecule has 1 aromatic carbocycles. The van der Waals surface area contributed by atoms with Gasteiger partial charge in [-0.1, -0.05) is 36.4 Å². The highest BCUT2D eigenvalue weighted by atomic mass is 16.2. The zero-order valence-electron chi connectivity index (χ0n) is 14.4. The van der Waals surface area contributed by atoms with Gasteiger partial charge in [0.15, 0.2) is 0 Å². The first-order chi connectivity index (χ1) is 12.8. The molecule has 26 heavy (non-hydrogen) atoms. The number of rotatable bonds is 6. The van der Waals surface area contributed by atoms with Crippen molar-refractivity contribution in [3.8, 4) is 5.82 Å². The predicted octanol–water partition coefficient (Wildman–Crippen LogP) is 2.87. The van der Waals surface area contributed by atoms with Crippen molar-refractivity contribution in [2.75, 3.05) is 6.54 Å². The molecule has 1 aliphatic carbocycles. The van der Waals surface area contributed by atoms with Crippen molar-refractivity contribution in [1.82, 2.24) is 25.2 Å². The average molecular weight is 347 g/mol. The molecule has 4 rings (SSSR count). The lowest BCUT2D eigenvalue weighted by Crippen LogP contribution is -2.36. The van der Waals surface area contributed by atoms with Gasteiger partial charge in [-0.25, -0.2) is 14.8 Å². The molecule has 2 heterocycles. The zero-order chi connectivity index (χ0) is 17.8. The van der Waals surface area contributed by atoms with E-state index in [0.717, 1.165) is 17.8 Å². The third-order valence-electron chi connectivity index (χ3n) is 4.71. The number of amides is 2. The van der Waals surface area contributed by atoms with Gasteiger partial charge in [0.2, 0.25) is 0 Å². The summed E-state index contributed by atoms with van der Waals surface area (Å²) in [6, 6.07) is 14.2. The molecule has 2 atom stereocenters. The Labute approximate surface area is 152 Å². The Bertz CT molecular complexity index is 846. The Hall–Kier alpha value is -3.15.